The van der Waals surface area contributed by atoms with Crippen LogP contribution in [-0.2, 0) is 11.2 Å². The van der Waals surface area contributed by atoms with Crippen molar-refractivity contribution in [2.24, 2.45) is 0 Å². The highest BCUT2D eigenvalue weighted by Crippen LogP contribution is 2.42. The molecule has 2 fully saturated rings. The van der Waals surface area contributed by atoms with Gasteiger partial charge in [-0.1, -0.05) is 18.9 Å². The fourth-order valence-electron chi connectivity index (χ4n) is 7.43. The zero-order valence-electron chi connectivity index (χ0n) is 27.0. The van der Waals surface area contributed by atoms with E-state index in [9.17, 15) is 14.6 Å². The second-order valence-electron chi connectivity index (χ2n) is 13.1. The molecule has 250 valence electrons. The van der Waals surface area contributed by atoms with Gasteiger partial charge in [0.25, 0.3) is 0 Å². The molecule has 0 amide bonds. The number of hydrogen-bond acceptors (Lipinski definition) is 9. The summed E-state index contributed by atoms with van der Waals surface area (Å²) in [4.78, 5) is 17.6. The fourth-order valence-corrected chi connectivity index (χ4v) is 7.43. The second kappa shape index (κ2) is 12.1. The number of anilines is 1. The van der Waals surface area contributed by atoms with Crippen LogP contribution in [0.4, 0.5) is 19.0 Å². The van der Waals surface area contributed by atoms with Crippen LogP contribution in [0.1, 0.15) is 51.3 Å². The van der Waals surface area contributed by atoms with E-state index in [-0.39, 0.29) is 65.2 Å². The minimum Gasteiger partial charge on any atom is -0.508 e. The van der Waals surface area contributed by atoms with E-state index in [1.54, 1.807) is 31.9 Å². The molecule has 0 spiro atoms. The van der Waals surface area contributed by atoms with Crippen molar-refractivity contribution in [3.63, 3.8) is 0 Å². The Hall–Kier alpha value is -4.60. The van der Waals surface area contributed by atoms with Gasteiger partial charge in [0.15, 0.2) is 11.6 Å². The van der Waals surface area contributed by atoms with Crippen molar-refractivity contribution < 1.29 is 32.9 Å². The highest BCUT2D eigenvalue weighted by Gasteiger charge is 2.49. The number of alkyl halides is 1. The molecule has 4 aromatic rings. The Morgan fingerprint density at radius 1 is 1.17 bits per heavy atom. The number of ether oxygens (including phenoxy) is 2. The van der Waals surface area contributed by atoms with Crippen LogP contribution in [0.25, 0.3) is 32.9 Å². The Kier molecular flexibility index (Phi) is 8.08. The number of phenolic OH excluding ortho intramolecular Hbond substituents is 1. The maximum absolute atomic E-state index is 17.1. The number of hydrogen-bond donors (Lipinski definition) is 2. The number of nitrogens with zero attached hydrogens (tertiary/aromatic N) is 5. The van der Waals surface area contributed by atoms with Crippen LogP contribution in [0.3, 0.4) is 0 Å². The van der Waals surface area contributed by atoms with Gasteiger partial charge in [0.2, 0.25) is 0 Å². The van der Waals surface area contributed by atoms with Gasteiger partial charge in [-0.15, -0.1) is 0 Å². The molecular weight excluding hydrogens is 623 g/mol. The lowest BCUT2D eigenvalue weighted by Crippen LogP contribution is -2.43. The van der Waals surface area contributed by atoms with Gasteiger partial charge >= 0.3 is 6.01 Å². The lowest BCUT2D eigenvalue weighted by molar-refractivity contribution is 0.00798. The minimum atomic E-state index is -1.31. The van der Waals surface area contributed by atoms with Crippen LogP contribution in [0.5, 0.6) is 11.8 Å². The first kappa shape index (κ1) is 32.0. The zero-order valence-corrected chi connectivity index (χ0v) is 27.0. The number of fused-ring (bicyclic) bond motifs is 3. The van der Waals surface area contributed by atoms with Crippen molar-refractivity contribution in [2.45, 2.75) is 63.8 Å². The smallest absolute Gasteiger partial charge is 0.319 e. The lowest BCUT2D eigenvalue weighted by atomic mass is 9.94. The maximum atomic E-state index is 17.1. The summed E-state index contributed by atoms with van der Waals surface area (Å²) in [7, 11) is 0. The summed E-state index contributed by atoms with van der Waals surface area (Å²) < 4.78 is 58.5. The van der Waals surface area contributed by atoms with E-state index in [4.69, 9.17) is 14.5 Å². The molecule has 5 heterocycles. The molecule has 0 bridgehead atoms. The van der Waals surface area contributed by atoms with E-state index in [0.29, 0.717) is 35.7 Å². The van der Waals surface area contributed by atoms with Gasteiger partial charge in [0.05, 0.1) is 23.7 Å². The number of aryl methyl sites for hydroxylation is 1. The molecule has 2 saturated heterocycles. The van der Waals surface area contributed by atoms with E-state index in [2.05, 4.69) is 26.7 Å². The molecule has 3 aliphatic heterocycles. The number of aromatic nitrogens is 3. The molecule has 3 atom stereocenters. The number of rotatable bonds is 6. The van der Waals surface area contributed by atoms with Gasteiger partial charge in [-0.3, -0.25) is 4.90 Å². The highest BCUT2D eigenvalue weighted by atomic mass is 19.1. The van der Waals surface area contributed by atoms with Crippen molar-refractivity contribution in [1.29, 1.82) is 0 Å². The van der Waals surface area contributed by atoms with Crippen LogP contribution < -0.4 is 9.64 Å². The quantitative estimate of drug-likeness (QED) is 0.250. The van der Waals surface area contributed by atoms with Gasteiger partial charge in [0.1, 0.15) is 53.5 Å². The largest absolute Gasteiger partial charge is 0.508 e. The predicted molar refractivity (Wildman–Crippen MR) is 175 cm³/mol. The Balaban J connectivity index is 1.47. The third-order valence-electron chi connectivity index (χ3n) is 9.50. The third kappa shape index (κ3) is 5.54. The molecule has 1 unspecified atom stereocenters. The summed E-state index contributed by atoms with van der Waals surface area (Å²) in [6.45, 7) is 6.25. The Bertz CT molecular complexity index is 2030. The first-order valence-corrected chi connectivity index (χ1v) is 16.1. The first-order valence-electron chi connectivity index (χ1n) is 16.1. The highest BCUT2D eigenvalue weighted by molar-refractivity contribution is 6.03. The summed E-state index contributed by atoms with van der Waals surface area (Å²) in [5, 5.41) is 22.8. The predicted octanol–water partition coefficient (Wildman–Crippen LogP) is 5.78. The fraction of sp³-hybridized carbons (Fsp3) is 0.417. The third-order valence-corrected chi connectivity index (χ3v) is 9.50. The molecule has 0 saturated carbocycles. The molecule has 48 heavy (non-hydrogen) atoms. The monoisotopic (exact) mass is 659 g/mol. The average molecular weight is 660 g/mol. The number of phenols is 1. The maximum Gasteiger partial charge on any atom is 0.319 e. The van der Waals surface area contributed by atoms with Crippen molar-refractivity contribution in [2.75, 3.05) is 37.7 Å². The molecule has 3 aliphatic rings. The molecule has 0 radical (unpaired) electrons. The Morgan fingerprint density at radius 2 is 2.00 bits per heavy atom. The minimum absolute atomic E-state index is 0.00834. The Labute approximate surface area is 276 Å². The van der Waals surface area contributed by atoms with Crippen LogP contribution in [-0.4, -0.2) is 80.2 Å². The van der Waals surface area contributed by atoms with E-state index in [1.807, 2.05) is 0 Å². The molecule has 2 aromatic carbocycles. The summed E-state index contributed by atoms with van der Waals surface area (Å²) in [6.07, 6.45) is 4.31. The van der Waals surface area contributed by atoms with Crippen LogP contribution in [0.2, 0.25) is 0 Å². The van der Waals surface area contributed by atoms with Crippen LogP contribution >= 0.6 is 0 Å². The molecule has 2 aromatic heterocycles. The number of β-amino-alcohol motifs (C(OH)–C–C–N with tert-alkyl or cyclic N) is 1. The van der Waals surface area contributed by atoms with Gasteiger partial charge in [0, 0.05) is 24.7 Å². The number of aliphatic hydroxyl groups is 1. The van der Waals surface area contributed by atoms with Crippen molar-refractivity contribution in [1.82, 2.24) is 19.9 Å². The van der Waals surface area contributed by atoms with E-state index < -0.39 is 28.9 Å². The SMILES string of the molecule is CC#Cc1nc(-c2cc(O)cc3ccc(F)c(CC)c23)c(F)c2nc(OC[C@@]34CCCN3C[C@H](F)C4)nc(N3C=COCC(C)(O)C3)c12. The molecule has 7 rings (SSSR count). The van der Waals surface area contributed by atoms with Crippen molar-refractivity contribution >= 4 is 27.5 Å². The van der Waals surface area contributed by atoms with Crippen molar-refractivity contribution in [3.05, 3.63) is 59.6 Å². The molecule has 0 aliphatic carbocycles. The summed E-state index contributed by atoms with van der Waals surface area (Å²) in [6, 6.07) is 5.55. The second-order valence-corrected chi connectivity index (χ2v) is 13.1. The van der Waals surface area contributed by atoms with Gasteiger partial charge < -0.3 is 24.6 Å². The Morgan fingerprint density at radius 3 is 2.79 bits per heavy atom. The topological polar surface area (TPSA) is 104 Å². The summed E-state index contributed by atoms with van der Waals surface area (Å²) in [5.41, 5.74) is -1.53. The first-order chi connectivity index (χ1) is 23.0. The van der Waals surface area contributed by atoms with Gasteiger partial charge in [-0.2, -0.15) is 9.97 Å². The van der Waals surface area contributed by atoms with Crippen LogP contribution in [0.15, 0.2) is 36.7 Å². The van der Waals surface area contributed by atoms with Gasteiger partial charge in [-0.25, -0.2) is 18.2 Å². The van der Waals surface area contributed by atoms with Crippen LogP contribution in [0, 0.1) is 23.5 Å². The lowest BCUT2D eigenvalue weighted by Gasteiger charge is -2.31. The molecule has 9 nitrogen and oxygen atoms in total. The number of aromatic hydroxyl groups is 1. The molecule has 12 heteroatoms. The molecular formula is C36H36F3N5O4. The number of benzene rings is 2. The number of pyridine rings is 1. The van der Waals surface area contributed by atoms with Gasteiger partial charge in [-0.05, 0) is 80.1 Å². The number of halogens is 3. The average Bonchev–Trinajstić information content (AvgIpc) is 3.50. The van der Waals surface area contributed by atoms with Crippen molar-refractivity contribution in [3.8, 4) is 34.9 Å². The van der Waals surface area contributed by atoms with E-state index >= 15 is 8.78 Å². The van der Waals surface area contributed by atoms with E-state index in [1.165, 1.54) is 30.5 Å². The normalized spacial score (nSPS) is 24.0. The summed E-state index contributed by atoms with van der Waals surface area (Å²) in [5.74, 6) is 4.50. The molecule has 2 N–H and O–H groups in total. The zero-order chi connectivity index (χ0) is 33.8. The standard InChI is InChI=1S/C36H36F3N5O4/c1-4-7-27-29-32(30(39)31(40-27)25-15-23(45)14-21-8-9-26(38)24(5-2)28(21)25)41-34(42-33(29)43-12-13-47-19-35(3,46)18-43)48-20-36-10-6-11-44(36)17-22(37)16-36/h8-9,12-15,22,45-46H,5-6,10-11,16-20H2,1-3H3/t22-,35?,36+/m1/s1. The summed E-state index contributed by atoms with van der Waals surface area (Å²) >= 11 is 0. The van der Waals surface area contributed by atoms with E-state index in [0.717, 1.165) is 19.4 Å².